The Morgan fingerprint density at radius 3 is 2.19 bits per heavy atom. The molecular weight excluding hydrogens is 350 g/mol. The molecule has 0 spiro atoms. The summed E-state index contributed by atoms with van der Waals surface area (Å²) in [6.07, 6.45) is 0. The van der Waals surface area contributed by atoms with E-state index >= 15 is 0 Å². The first-order chi connectivity index (χ1) is 12.6. The minimum absolute atomic E-state index is 0.0908. The van der Waals surface area contributed by atoms with Crippen LogP contribution in [0.4, 0.5) is 5.69 Å². The zero-order valence-corrected chi connectivity index (χ0v) is 14.5. The average Bonchev–Trinajstić information content (AvgIpc) is 2.67. The van der Waals surface area contributed by atoms with E-state index in [9.17, 15) is 20.0 Å². The lowest BCUT2D eigenvalue weighted by Gasteiger charge is -2.12. The summed E-state index contributed by atoms with van der Waals surface area (Å²) in [5.74, 6) is -0.602. The minimum atomic E-state index is -1.19. The second kappa shape index (κ2) is 7.84. The lowest BCUT2D eigenvalue weighted by Crippen LogP contribution is -2.02. The van der Waals surface area contributed by atoms with Crippen LogP contribution < -0.4 is 0 Å². The molecule has 6 heteroatoms. The van der Waals surface area contributed by atoms with Gasteiger partial charge < -0.3 is 5.11 Å². The Bertz CT molecular complexity index is 943. The molecule has 130 valence electrons. The van der Waals surface area contributed by atoms with E-state index in [4.69, 9.17) is 0 Å². The summed E-state index contributed by atoms with van der Waals surface area (Å²) in [4.78, 5) is 23.1. The topological polar surface area (TPSA) is 80.4 Å². The second-order valence-electron chi connectivity index (χ2n) is 5.57. The molecule has 0 amide bonds. The SMILES string of the molecule is O=C(O)c1cc(SCc2ccccc2)c(-c2ccccc2)c([N+](=O)[O-])c1. The molecule has 0 aliphatic rings. The normalized spacial score (nSPS) is 10.5. The van der Waals surface area contributed by atoms with E-state index in [0.717, 1.165) is 11.6 Å². The van der Waals surface area contributed by atoms with Gasteiger partial charge in [-0.3, -0.25) is 10.1 Å². The van der Waals surface area contributed by atoms with Crippen molar-refractivity contribution in [3.63, 3.8) is 0 Å². The van der Waals surface area contributed by atoms with Crippen molar-refractivity contribution in [3.8, 4) is 11.1 Å². The molecule has 0 unspecified atom stereocenters. The summed E-state index contributed by atoms with van der Waals surface area (Å²) in [7, 11) is 0. The Balaban J connectivity index is 2.12. The number of carboxylic acids is 1. The number of rotatable bonds is 6. The van der Waals surface area contributed by atoms with Crippen LogP contribution in [0.25, 0.3) is 11.1 Å². The van der Waals surface area contributed by atoms with Crippen LogP contribution in [0.15, 0.2) is 77.7 Å². The fraction of sp³-hybridized carbons (Fsp3) is 0.0500. The van der Waals surface area contributed by atoms with Crippen molar-refractivity contribution in [3.05, 3.63) is 94.0 Å². The molecule has 0 fully saturated rings. The first-order valence-corrected chi connectivity index (χ1v) is 8.82. The fourth-order valence-electron chi connectivity index (χ4n) is 2.61. The van der Waals surface area contributed by atoms with Gasteiger partial charge >= 0.3 is 5.97 Å². The van der Waals surface area contributed by atoms with Crippen molar-refractivity contribution in [2.24, 2.45) is 0 Å². The first kappa shape index (κ1) is 17.7. The number of hydrogen-bond acceptors (Lipinski definition) is 4. The van der Waals surface area contributed by atoms with Crippen molar-refractivity contribution >= 4 is 23.4 Å². The Morgan fingerprint density at radius 2 is 1.62 bits per heavy atom. The molecule has 0 bridgehead atoms. The standard InChI is InChI=1S/C20H15NO4S/c22-20(23)16-11-17(21(24)25)19(15-9-5-2-6-10-15)18(12-16)26-13-14-7-3-1-4-8-14/h1-12H,13H2,(H,22,23). The van der Waals surface area contributed by atoms with Gasteiger partial charge in [-0.15, -0.1) is 11.8 Å². The summed E-state index contributed by atoms with van der Waals surface area (Å²) >= 11 is 1.39. The number of carbonyl (C=O) groups is 1. The lowest BCUT2D eigenvalue weighted by atomic mass is 10.0. The monoisotopic (exact) mass is 365 g/mol. The van der Waals surface area contributed by atoms with Gasteiger partial charge in [-0.25, -0.2) is 4.79 Å². The molecule has 0 saturated heterocycles. The van der Waals surface area contributed by atoms with E-state index in [1.54, 1.807) is 24.3 Å². The summed E-state index contributed by atoms with van der Waals surface area (Å²) in [5, 5.41) is 20.9. The molecule has 0 aliphatic carbocycles. The van der Waals surface area contributed by atoms with E-state index in [0.29, 0.717) is 21.8 Å². The molecule has 26 heavy (non-hydrogen) atoms. The van der Waals surface area contributed by atoms with Gasteiger partial charge in [0, 0.05) is 16.7 Å². The Labute approximate surface area is 154 Å². The van der Waals surface area contributed by atoms with Crippen LogP contribution in [-0.2, 0) is 5.75 Å². The van der Waals surface area contributed by atoms with E-state index < -0.39 is 10.9 Å². The van der Waals surface area contributed by atoms with E-state index in [1.165, 1.54) is 17.8 Å². The number of thioether (sulfide) groups is 1. The molecule has 0 radical (unpaired) electrons. The third-order valence-corrected chi connectivity index (χ3v) is 4.94. The number of carboxylic acid groups (broad SMARTS) is 1. The van der Waals surface area contributed by atoms with Crippen molar-refractivity contribution in [1.82, 2.24) is 0 Å². The van der Waals surface area contributed by atoms with Crippen LogP contribution in [0.2, 0.25) is 0 Å². The van der Waals surface area contributed by atoms with Gasteiger partial charge in [0.15, 0.2) is 0 Å². The summed E-state index contributed by atoms with van der Waals surface area (Å²) in [6, 6.07) is 21.3. The van der Waals surface area contributed by atoms with Gasteiger partial charge in [-0.1, -0.05) is 60.7 Å². The molecule has 0 saturated carbocycles. The predicted molar refractivity (Wildman–Crippen MR) is 101 cm³/mol. The first-order valence-electron chi connectivity index (χ1n) is 7.84. The fourth-order valence-corrected chi connectivity index (χ4v) is 3.70. The van der Waals surface area contributed by atoms with Crippen LogP contribution in [0.5, 0.6) is 0 Å². The Hall–Kier alpha value is -3.12. The minimum Gasteiger partial charge on any atom is -0.478 e. The maximum atomic E-state index is 11.6. The number of nitro groups is 1. The quantitative estimate of drug-likeness (QED) is 0.366. The summed E-state index contributed by atoms with van der Waals surface area (Å²) in [5.41, 5.74) is 1.90. The predicted octanol–water partition coefficient (Wildman–Crippen LogP) is 5.25. The molecule has 3 aromatic rings. The van der Waals surface area contributed by atoms with E-state index in [1.807, 2.05) is 36.4 Å². The van der Waals surface area contributed by atoms with Crippen LogP contribution in [0.1, 0.15) is 15.9 Å². The molecule has 0 atom stereocenters. The largest absolute Gasteiger partial charge is 0.478 e. The number of benzene rings is 3. The van der Waals surface area contributed by atoms with Crippen LogP contribution >= 0.6 is 11.8 Å². The highest BCUT2D eigenvalue weighted by molar-refractivity contribution is 7.98. The van der Waals surface area contributed by atoms with Crippen LogP contribution in [-0.4, -0.2) is 16.0 Å². The van der Waals surface area contributed by atoms with Crippen molar-refractivity contribution in [1.29, 1.82) is 0 Å². The zero-order chi connectivity index (χ0) is 18.5. The number of nitro benzene ring substituents is 1. The molecular formula is C20H15NO4S. The van der Waals surface area contributed by atoms with Crippen molar-refractivity contribution < 1.29 is 14.8 Å². The van der Waals surface area contributed by atoms with E-state index in [2.05, 4.69) is 0 Å². The maximum absolute atomic E-state index is 11.6. The molecule has 1 N–H and O–H groups in total. The van der Waals surface area contributed by atoms with Crippen LogP contribution in [0.3, 0.4) is 0 Å². The highest BCUT2D eigenvalue weighted by Gasteiger charge is 2.23. The lowest BCUT2D eigenvalue weighted by molar-refractivity contribution is -0.384. The Kier molecular flexibility index (Phi) is 5.34. The number of aromatic carboxylic acids is 1. The molecule has 0 aromatic heterocycles. The van der Waals surface area contributed by atoms with Crippen LogP contribution in [0, 0.1) is 10.1 Å². The van der Waals surface area contributed by atoms with Gasteiger partial charge in [0.25, 0.3) is 5.69 Å². The number of hydrogen-bond donors (Lipinski definition) is 1. The van der Waals surface area contributed by atoms with Gasteiger partial charge in [-0.05, 0) is 17.2 Å². The molecule has 3 aromatic carbocycles. The third kappa shape index (κ3) is 3.92. The maximum Gasteiger partial charge on any atom is 0.335 e. The van der Waals surface area contributed by atoms with Crippen molar-refractivity contribution in [2.75, 3.05) is 0 Å². The van der Waals surface area contributed by atoms with E-state index in [-0.39, 0.29) is 11.3 Å². The highest BCUT2D eigenvalue weighted by Crippen LogP contribution is 2.40. The summed E-state index contributed by atoms with van der Waals surface area (Å²) in [6.45, 7) is 0. The van der Waals surface area contributed by atoms with Gasteiger partial charge in [0.05, 0.1) is 16.1 Å². The van der Waals surface area contributed by atoms with Gasteiger partial charge in [0.1, 0.15) is 0 Å². The second-order valence-corrected chi connectivity index (χ2v) is 6.59. The third-order valence-electron chi connectivity index (χ3n) is 3.82. The zero-order valence-electron chi connectivity index (χ0n) is 13.7. The molecule has 5 nitrogen and oxygen atoms in total. The number of nitrogens with zero attached hydrogens (tertiary/aromatic N) is 1. The van der Waals surface area contributed by atoms with Gasteiger partial charge in [-0.2, -0.15) is 0 Å². The smallest absolute Gasteiger partial charge is 0.335 e. The highest BCUT2D eigenvalue weighted by atomic mass is 32.2. The molecule has 3 rings (SSSR count). The molecule has 0 heterocycles. The molecule has 0 aliphatic heterocycles. The Morgan fingerprint density at radius 1 is 1.00 bits per heavy atom. The summed E-state index contributed by atoms with van der Waals surface area (Å²) < 4.78 is 0. The van der Waals surface area contributed by atoms with Crippen molar-refractivity contribution in [2.45, 2.75) is 10.6 Å². The van der Waals surface area contributed by atoms with Gasteiger partial charge in [0.2, 0.25) is 0 Å². The average molecular weight is 365 g/mol.